The van der Waals surface area contributed by atoms with Crippen LogP contribution in [0.15, 0.2) is 55.1 Å². The molecule has 3 rings (SSSR count). The Morgan fingerprint density at radius 3 is 2.56 bits per heavy atom. The fourth-order valence-electron chi connectivity index (χ4n) is 1.65. The Bertz CT molecular complexity index is 608. The summed E-state index contributed by atoms with van der Waals surface area (Å²) < 4.78 is 1.69. The third-order valence-corrected chi connectivity index (χ3v) is 2.47. The third kappa shape index (κ3) is 2.53. The summed E-state index contributed by atoms with van der Waals surface area (Å²) in [5, 5.41) is 7.73. The first kappa shape index (κ1) is 12.6. The molecule has 18 heavy (non-hydrogen) atoms. The number of nitrogens with zero attached hydrogens (tertiary/aromatic N) is 4. The van der Waals surface area contributed by atoms with Gasteiger partial charge in [0, 0.05) is 38.7 Å². The first-order valence-corrected chi connectivity index (χ1v) is 5.22. The molecule has 0 fully saturated rings. The first-order valence-electron chi connectivity index (χ1n) is 5.22. The molecule has 2 aromatic heterocycles. The van der Waals surface area contributed by atoms with Crippen molar-refractivity contribution >= 4 is 0 Å². The molecule has 4 nitrogen and oxygen atoms in total. The second-order valence-electron chi connectivity index (χ2n) is 3.55. The summed E-state index contributed by atoms with van der Waals surface area (Å²) >= 11 is 0. The zero-order valence-corrected chi connectivity index (χ0v) is 11.7. The number of rotatable bonds is 2. The van der Waals surface area contributed by atoms with Crippen molar-refractivity contribution in [1.29, 1.82) is 0 Å². The molecule has 0 atom stereocenters. The van der Waals surface area contributed by atoms with Gasteiger partial charge in [-0.05, 0) is 23.4 Å². The van der Waals surface area contributed by atoms with E-state index in [1.54, 1.807) is 29.5 Å². The maximum absolute atomic E-state index is 4.01. The molecule has 0 N–H and O–H groups in total. The van der Waals surface area contributed by atoms with E-state index in [1.807, 2.05) is 30.3 Å². The molecule has 1 radical (unpaired) electrons. The predicted molar refractivity (Wildman–Crippen MR) is 63.4 cm³/mol. The smallest absolute Gasteiger partial charge is 0.0696 e. The fourth-order valence-corrected chi connectivity index (χ4v) is 1.65. The van der Waals surface area contributed by atoms with Gasteiger partial charge in [-0.25, -0.2) is 4.68 Å². The second kappa shape index (κ2) is 5.67. The molecule has 0 unspecified atom stereocenters. The molecule has 0 bridgehead atoms. The molecule has 2 heterocycles. The minimum Gasteiger partial charge on any atom is -0.265 e. The number of aromatic nitrogens is 4. The van der Waals surface area contributed by atoms with Gasteiger partial charge in [-0.15, -0.1) is 16.7 Å². The number of hydrogen-bond donors (Lipinski definition) is 0. The van der Waals surface area contributed by atoms with Gasteiger partial charge >= 0.3 is 0 Å². The summed E-state index contributed by atoms with van der Waals surface area (Å²) in [4.78, 5) is 4.01. The van der Waals surface area contributed by atoms with Gasteiger partial charge in [-0.2, -0.15) is 18.2 Å². The van der Waals surface area contributed by atoms with Crippen molar-refractivity contribution in [2.24, 2.45) is 0 Å². The van der Waals surface area contributed by atoms with Gasteiger partial charge in [0.1, 0.15) is 0 Å². The van der Waals surface area contributed by atoms with Crippen LogP contribution in [0.25, 0.3) is 16.8 Å². The number of pyridine rings is 1. The van der Waals surface area contributed by atoms with E-state index in [2.05, 4.69) is 21.4 Å². The normalized spacial score (nSPS) is 9.78. The summed E-state index contributed by atoms with van der Waals surface area (Å²) in [5.74, 6) is 0. The van der Waals surface area contributed by atoms with Crippen molar-refractivity contribution in [2.45, 2.75) is 0 Å². The van der Waals surface area contributed by atoms with E-state index in [1.165, 1.54) is 0 Å². The van der Waals surface area contributed by atoms with E-state index in [4.69, 9.17) is 0 Å². The SMILES string of the molecule is [Ir].[c-]1ccc(-c2ccncc2)cc1-n1ccnn1. The fraction of sp³-hybridized carbons (Fsp3) is 0. The van der Waals surface area contributed by atoms with Crippen molar-refractivity contribution in [1.82, 2.24) is 20.0 Å². The van der Waals surface area contributed by atoms with Crippen LogP contribution in [0.1, 0.15) is 0 Å². The van der Waals surface area contributed by atoms with E-state index in [0.717, 1.165) is 16.8 Å². The first-order chi connectivity index (χ1) is 8.43. The molecule has 0 amide bonds. The van der Waals surface area contributed by atoms with Crippen molar-refractivity contribution < 1.29 is 20.1 Å². The van der Waals surface area contributed by atoms with E-state index < -0.39 is 0 Å². The average Bonchev–Trinajstić information content (AvgIpc) is 2.94. The topological polar surface area (TPSA) is 43.6 Å². The van der Waals surface area contributed by atoms with E-state index in [0.29, 0.717) is 0 Å². The Balaban J connectivity index is 0.00000120. The second-order valence-corrected chi connectivity index (χ2v) is 3.55. The van der Waals surface area contributed by atoms with Crippen LogP contribution in [0.5, 0.6) is 0 Å². The molecular weight excluding hydrogens is 404 g/mol. The standard InChI is InChI=1S/C13H9N4.Ir/c1-2-12(11-4-6-14-7-5-11)10-13(3-1)17-9-8-15-16-17;/h1-2,4-10H;/q-1;. The van der Waals surface area contributed by atoms with Crippen LogP contribution in [-0.2, 0) is 20.1 Å². The molecule has 0 saturated heterocycles. The molecule has 3 aromatic rings. The van der Waals surface area contributed by atoms with Crippen LogP contribution < -0.4 is 0 Å². The van der Waals surface area contributed by atoms with Crippen molar-refractivity contribution in [3.05, 3.63) is 61.2 Å². The zero-order valence-electron chi connectivity index (χ0n) is 9.32. The number of hydrogen-bond acceptors (Lipinski definition) is 3. The summed E-state index contributed by atoms with van der Waals surface area (Å²) in [5.41, 5.74) is 3.10. The predicted octanol–water partition coefficient (Wildman–Crippen LogP) is 2.13. The molecule has 0 saturated carbocycles. The average molecular weight is 413 g/mol. The molecule has 0 aliphatic heterocycles. The van der Waals surface area contributed by atoms with Gasteiger partial charge in [0.25, 0.3) is 0 Å². The van der Waals surface area contributed by atoms with Gasteiger partial charge in [0.15, 0.2) is 0 Å². The largest absolute Gasteiger partial charge is 0.265 e. The quantitative estimate of drug-likeness (QED) is 0.605. The summed E-state index contributed by atoms with van der Waals surface area (Å²) in [6.45, 7) is 0. The molecular formula is C13H9IrN4-. The number of benzene rings is 1. The Kier molecular flexibility index (Phi) is 3.97. The zero-order chi connectivity index (χ0) is 11.5. The van der Waals surface area contributed by atoms with Gasteiger partial charge in [-0.1, -0.05) is 5.21 Å². The molecule has 0 spiro atoms. The Hall–Kier alpha value is -1.84. The van der Waals surface area contributed by atoms with Crippen LogP contribution in [0, 0.1) is 6.07 Å². The molecule has 91 valence electrons. The molecule has 0 aliphatic carbocycles. The van der Waals surface area contributed by atoms with E-state index in [-0.39, 0.29) is 20.1 Å². The summed E-state index contributed by atoms with van der Waals surface area (Å²) in [6.07, 6.45) is 7.00. The maximum Gasteiger partial charge on any atom is 0.0696 e. The Morgan fingerprint density at radius 1 is 1.00 bits per heavy atom. The van der Waals surface area contributed by atoms with Crippen LogP contribution in [-0.4, -0.2) is 20.0 Å². The van der Waals surface area contributed by atoms with Crippen molar-refractivity contribution in [3.63, 3.8) is 0 Å². The van der Waals surface area contributed by atoms with Gasteiger partial charge < -0.3 is 0 Å². The maximum atomic E-state index is 4.01. The van der Waals surface area contributed by atoms with Gasteiger partial charge in [0.2, 0.25) is 0 Å². The summed E-state index contributed by atoms with van der Waals surface area (Å²) in [7, 11) is 0. The minimum atomic E-state index is 0. The van der Waals surface area contributed by atoms with Gasteiger partial charge in [0.05, 0.1) is 6.20 Å². The van der Waals surface area contributed by atoms with Crippen LogP contribution >= 0.6 is 0 Å². The van der Waals surface area contributed by atoms with Crippen LogP contribution in [0.3, 0.4) is 0 Å². The molecule has 1 aromatic carbocycles. The van der Waals surface area contributed by atoms with E-state index >= 15 is 0 Å². The van der Waals surface area contributed by atoms with E-state index in [9.17, 15) is 0 Å². The van der Waals surface area contributed by atoms with Crippen molar-refractivity contribution in [2.75, 3.05) is 0 Å². The Labute approximate surface area is 118 Å². The van der Waals surface area contributed by atoms with Crippen LogP contribution in [0.4, 0.5) is 0 Å². The summed E-state index contributed by atoms with van der Waals surface area (Å²) in [6, 6.07) is 13.0. The monoisotopic (exact) mass is 414 g/mol. The molecule has 0 aliphatic rings. The Morgan fingerprint density at radius 2 is 1.83 bits per heavy atom. The molecule has 5 heteroatoms. The van der Waals surface area contributed by atoms with Crippen molar-refractivity contribution in [3.8, 4) is 16.8 Å². The third-order valence-electron chi connectivity index (χ3n) is 2.47. The minimum absolute atomic E-state index is 0. The van der Waals surface area contributed by atoms with Crippen LogP contribution in [0.2, 0.25) is 0 Å². The van der Waals surface area contributed by atoms with Gasteiger partial charge in [-0.3, -0.25) is 4.98 Å².